The summed E-state index contributed by atoms with van der Waals surface area (Å²) in [4.78, 5) is 22.5. The van der Waals surface area contributed by atoms with Crippen molar-refractivity contribution in [2.24, 2.45) is 5.92 Å². The number of esters is 1. The minimum Gasteiger partial charge on any atom is -0.508 e. The smallest absolute Gasteiger partial charge is 0.310 e. The van der Waals surface area contributed by atoms with Crippen LogP contribution in [0.25, 0.3) is 0 Å². The zero-order chi connectivity index (χ0) is 16.2. The van der Waals surface area contributed by atoms with Gasteiger partial charge in [-0.3, -0.25) is 9.59 Å². The number of hydrogen-bond acceptors (Lipinski definition) is 4. The number of carboxylic acids is 1. The van der Waals surface area contributed by atoms with Crippen LogP contribution in [-0.4, -0.2) is 27.8 Å². The van der Waals surface area contributed by atoms with Crippen LogP contribution in [-0.2, 0) is 27.2 Å². The first-order chi connectivity index (χ1) is 9.58. The Morgan fingerprint density at radius 3 is 2.38 bits per heavy atom. The third-order valence-corrected chi connectivity index (χ3v) is 2.87. The standard InChI is InChI=1S/C16H22O5/c1-10(15(19)20)7-11-5-6-12(13(17)8-11)9-14(18)21-16(2,3)4/h5-6,8,10,17H,7,9H2,1-4H3,(H,19,20)/t10-/m0/s1. The maximum Gasteiger partial charge on any atom is 0.310 e. The van der Waals surface area contributed by atoms with Gasteiger partial charge in [-0.15, -0.1) is 0 Å². The molecule has 2 N–H and O–H groups in total. The van der Waals surface area contributed by atoms with E-state index < -0.39 is 23.5 Å². The van der Waals surface area contributed by atoms with Crippen LogP contribution >= 0.6 is 0 Å². The molecule has 0 aliphatic heterocycles. The normalized spacial score (nSPS) is 12.8. The Hall–Kier alpha value is -2.04. The number of ether oxygens (including phenoxy) is 1. The van der Waals surface area contributed by atoms with E-state index in [4.69, 9.17) is 9.84 Å². The van der Waals surface area contributed by atoms with E-state index in [1.54, 1.807) is 39.8 Å². The number of aromatic hydroxyl groups is 1. The molecule has 0 aliphatic rings. The molecule has 21 heavy (non-hydrogen) atoms. The molecule has 0 aliphatic carbocycles. The maximum absolute atomic E-state index is 11.7. The van der Waals surface area contributed by atoms with Crippen molar-refractivity contribution in [1.29, 1.82) is 0 Å². The molecule has 0 bridgehead atoms. The Morgan fingerprint density at radius 2 is 1.90 bits per heavy atom. The highest BCUT2D eigenvalue weighted by Gasteiger charge is 2.18. The number of aliphatic carboxylic acids is 1. The SMILES string of the molecule is C[C@@H](Cc1ccc(CC(=O)OC(C)(C)C)c(O)c1)C(=O)O. The number of phenols is 1. The van der Waals surface area contributed by atoms with Gasteiger partial charge in [-0.05, 0) is 38.8 Å². The molecule has 0 fully saturated rings. The highest BCUT2D eigenvalue weighted by atomic mass is 16.6. The first-order valence-electron chi connectivity index (χ1n) is 6.84. The van der Waals surface area contributed by atoms with Crippen LogP contribution in [0.4, 0.5) is 0 Å². The highest BCUT2D eigenvalue weighted by Crippen LogP contribution is 2.22. The van der Waals surface area contributed by atoms with Gasteiger partial charge in [0.2, 0.25) is 0 Å². The summed E-state index contributed by atoms with van der Waals surface area (Å²) in [7, 11) is 0. The zero-order valence-corrected chi connectivity index (χ0v) is 12.8. The van der Waals surface area contributed by atoms with Crippen LogP contribution < -0.4 is 0 Å². The Balaban J connectivity index is 2.75. The van der Waals surface area contributed by atoms with Crippen molar-refractivity contribution >= 4 is 11.9 Å². The molecular weight excluding hydrogens is 272 g/mol. The van der Waals surface area contributed by atoms with Crippen LogP contribution in [0.15, 0.2) is 18.2 Å². The summed E-state index contributed by atoms with van der Waals surface area (Å²) >= 11 is 0. The molecule has 1 rings (SSSR count). The molecule has 0 spiro atoms. The average Bonchev–Trinajstić information content (AvgIpc) is 2.30. The lowest BCUT2D eigenvalue weighted by molar-refractivity contribution is -0.154. The molecule has 0 aromatic heterocycles. The molecule has 1 atom stereocenters. The lowest BCUT2D eigenvalue weighted by atomic mass is 9.99. The van der Waals surface area contributed by atoms with Gasteiger partial charge in [0.15, 0.2) is 0 Å². The van der Waals surface area contributed by atoms with Gasteiger partial charge < -0.3 is 14.9 Å². The Labute approximate surface area is 124 Å². The summed E-state index contributed by atoms with van der Waals surface area (Å²) in [5.41, 5.74) is 0.620. The van der Waals surface area contributed by atoms with Gasteiger partial charge >= 0.3 is 11.9 Å². The van der Waals surface area contributed by atoms with Gasteiger partial charge in [-0.2, -0.15) is 0 Å². The number of carboxylic acid groups (broad SMARTS) is 1. The molecule has 5 heteroatoms. The maximum atomic E-state index is 11.7. The molecule has 0 amide bonds. The van der Waals surface area contributed by atoms with Crippen LogP contribution in [0.3, 0.4) is 0 Å². The highest BCUT2D eigenvalue weighted by molar-refractivity contribution is 5.74. The Kier molecular flexibility index (Phi) is 5.35. The van der Waals surface area contributed by atoms with E-state index in [2.05, 4.69) is 0 Å². The molecule has 0 heterocycles. The number of phenolic OH excluding ortho intramolecular Hbond substituents is 1. The fourth-order valence-corrected chi connectivity index (χ4v) is 1.86. The molecule has 0 unspecified atom stereocenters. The van der Waals surface area contributed by atoms with Crippen molar-refractivity contribution in [2.75, 3.05) is 0 Å². The lowest BCUT2D eigenvalue weighted by Gasteiger charge is -2.19. The van der Waals surface area contributed by atoms with Gasteiger partial charge in [0.25, 0.3) is 0 Å². The van der Waals surface area contributed by atoms with E-state index in [0.29, 0.717) is 12.0 Å². The minimum absolute atomic E-state index is 0.0160. The predicted octanol–water partition coefficient (Wildman–Crippen LogP) is 2.54. The van der Waals surface area contributed by atoms with Gasteiger partial charge in [-0.25, -0.2) is 0 Å². The second-order valence-corrected chi connectivity index (χ2v) is 6.17. The van der Waals surface area contributed by atoms with Crippen LogP contribution in [0.2, 0.25) is 0 Å². The minimum atomic E-state index is -0.882. The summed E-state index contributed by atoms with van der Waals surface area (Å²) in [5, 5.41) is 18.8. The number of benzene rings is 1. The summed E-state index contributed by atoms with van der Waals surface area (Å²) in [5.74, 6) is -1.84. The van der Waals surface area contributed by atoms with Crippen molar-refractivity contribution < 1.29 is 24.5 Å². The van der Waals surface area contributed by atoms with E-state index in [1.165, 1.54) is 6.07 Å². The van der Waals surface area contributed by atoms with E-state index in [1.807, 2.05) is 0 Å². The van der Waals surface area contributed by atoms with Crippen LogP contribution in [0.1, 0.15) is 38.8 Å². The third-order valence-electron chi connectivity index (χ3n) is 2.87. The van der Waals surface area contributed by atoms with Crippen molar-refractivity contribution in [1.82, 2.24) is 0 Å². The summed E-state index contributed by atoms with van der Waals surface area (Å²) in [6, 6.07) is 4.85. The van der Waals surface area contributed by atoms with Crippen molar-refractivity contribution in [3.05, 3.63) is 29.3 Å². The van der Waals surface area contributed by atoms with Crippen molar-refractivity contribution in [2.45, 2.75) is 46.1 Å². The third kappa shape index (κ3) is 5.85. The second-order valence-electron chi connectivity index (χ2n) is 6.17. The number of rotatable bonds is 5. The summed E-state index contributed by atoms with van der Waals surface area (Å²) < 4.78 is 5.20. The molecule has 0 radical (unpaired) electrons. The van der Waals surface area contributed by atoms with Crippen LogP contribution in [0.5, 0.6) is 5.75 Å². The molecule has 1 aromatic carbocycles. The van der Waals surface area contributed by atoms with Gasteiger partial charge in [0, 0.05) is 5.56 Å². The monoisotopic (exact) mass is 294 g/mol. The van der Waals surface area contributed by atoms with E-state index in [-0.39, 0.29) is 12.2 Å². The van der Waals surface area contributed by atoms with Gasteiger partial charge in [0.05, 0.1) is 12.3 Å². The fourth-order valence-electron chi connectivity index (χ4n) is 1.86. The fraction of sp³-hybridized carbons (Fsp3) is 0.500. The van der Waals surface area contributed by atoms with Crippen molar-refractivity contribution in [3.63, 3.8) is 0 Å². The summed E-state index contributed by atoms with van der Waals surface area (Å²) in [6.45, 7) is 6.94. The first-order valence-corrected chi connectivity index (χ1v) is 6.84. The molecule has 0 saturated heterocycles. The molecule has 1 aromatic rings. The molecule has 0 saturated carbocycles. The van der Waals surface area contributed by atoms with Gasteiger partial charge in [-0.1, -0.05) is 19.1 Å². The van der Waals surface area contributed by atoms with Gasteiger partial charge in [0.1, 0.15) is 11.4 Å². The van der Waals surface area contributed by atoms with E-state index >= 15 is 0 Å². The molecule has 5 nitrogen and oxygen atoms in total. The van der Waals surface area contributed by atoms with E-state index in [0.717, 1.165) is 5.56 Å². The Morgan fingerprint density at radius 1 is 1.29 bits per heavy atom. The number of carbonyl (C=O) groups is 2. The number of carbonyl (C=O) groups excluding carboxylic acids is 1. The average molecular weight is 294 g/mol. The predicted molar refractivity (Wildman–Crippen MR) is 78.2 cm³/mol. The Bertz CT molecular complexity index is 528. The van der Waals surface area contributed by atoms with E-state index in [9.17, 15) is 14.7 Å². The lowest BCUT2D eigenvalue weighted by Crippen LogP contribution is -2.24. The quantitative estimate of drug-likeness (QED) is 0.815. The van der Waals surface area contributed by atoms with Crippen LogP contribution in [0, 0.1) is 5.92 Å². The molecule has 116 valence electrons. The summed E-state index contributed by atoms with van der Waals surface area (Å²) in [6.07, 6.45) is 0.313. The number of hydrogen-bond donors (Lipinski definition) is 2. The zero-order valence-electron chi connectivity index (χ0n) is 12.8. The first kappa shape index (κ1) is 17.0. The second kappa shape index (κ2) is 6.61. The largest absolute Gasteiger partial charge is 0.508 e. The molecular formula is C16H22O5. The topological polar surface area (TPSA) is 83.8 Å². The van der Waals surface area contributed by atoms with Crippen molar-refractivity contribution in [3.8, 4) is 5.75 Å².